The highest BCUT2D eigenvalue weighted by Crippen LogP contribution is 2.44. The second-order valence-electron chi connectivity index (χ2n) is 7.85. The monoisotopic (exact) mass is 349 g/mol. The minimum atomic E-state index is -0.212. The molecule has 0 bridgehead atoms. The molecule has 1 N–H and O–H groups in total. The predicted octanol–water partition coefficient (Wildman–Crippen LogP) is 3.64. The first kappa shape index (κ1) is 15.9. The van der Waals surface area contributed by atoms with Gasteiger partial charge in [0.1, 0.15) is 6.61 Å². The molecular formula is C22H23NO3. The molecule has 4 nitrogen and oxygen atoms in total. The van der Waals surface area contributed by atoms with Gasteiger partial charge in [0.05, 0.1) is 6.10 Å². The quantitative estimate of drug-likeness (QED) is 0.901. The van der Waals surface area contributed by atoms with E-state index in [0.29, 0.717) is 18.4 Å². The van der Waals surface area contributed by atoms with Crippen LogP contribution in [0.2, 0.25) is 0 Å². The van der Waals surface area contributed by atoms with E-state index in [0.717, 1.165) is 25.9 Å². The maximum atomic E-state index is 12.6. The lowest BCUT2D eigenvalue weighted by Crippen LogP contribution is -2.31. The van der Waals surface area contributed by atoms with Crippen molar-refractivity contribution in [1.29, 1.82) is 0 Å². The third kappa shape index (κ3) is 2.52. The van der Waals surface area contributed by atoms with Crippen molar-refractivity contribution < 1.29 is 14.6 Å². The molecule has 1 aliphatic heterocycles. The standard InChI is InChI=1S/C22H23NO3/c24-16-9-14-11-23(12-15(14)10-16)22(25)26-13-21-19-7-3-1-5-17(19)18-6-2-4-8-20(18)21/h1-8,14-16,21,24H,9-13H2. The van der Waals surface area contributed by atoms with E-state index in [1.807, 2.05) is 17.0 Å². The Morgan fingerprint density at radius 1 is 0.962 bits per heavy atom. The lowest BCUT2D eigenvalue weighted by molar-refractivity contribution is 0.100. The number of aliphatic hydroxyl groups excluding tert-OH is 1. The molecule has 0 aromatic heterocycles. The second-order valence-corrected chi connectivity index (χ2v) is 7.85. The zero-order chi connectivity index (χ0) is 17.7. The third-order valence-corrected chi connectivity index (χ3v) is 6.32. The third-order valence-electron chi connectivity index (χ3n) is 6.32. The number of hydrogen-bond acceptors (Lipinski definition) is 3. The van der Waals surface area contributed by atoms with Gasteiger partial charge in [-0.25, -0.2) is 4.79 Å². The maximum Gasteiger partial charge on any atom is 0.409 e. The Labute approximate surface area is 153 Å². The molecule has 26 heavy (non-hydrogen) atoms. The molecule has 2 unspecified atom stereocenters. The minimum Gasteiger partial charge on any atom is -0.448 e. The number of carbonyl (C=O) groups is 1. The molecule has 5 rings (SSSR count). The summed E-state index contributed by atoms with van der Waals surface area (Å²) < 4.78 is 5.74. The average Bonchev–Trinajstić information content (AvgIpc) is 3.29. The van der Waals surface area contributed by atoms with Crippen LogP contribution in [0.3, 0.4) is 0 Å². The van der Waals surface area contributed by atoms with Crippen molar-refractivity contribution in [3.63, 3.8) is 0 Å². The van der Waals surface area contributed by atoms with Crippen molar-refractivity contribution in [2.75, 3.05) is 19.7 Å². The van der Waals surface area contributed by atoms with Gasteiger partial charge in [-0.05, 0) is 46.9 Å². The van der Waals surface area contributed by atoms with Gasteiger partial charge in [0.25, 0.3) is 0 Å². The molecule has 2 aromatic rings. The summed E-state index contributed by atoms with van der Waals surface area (Å²) in [5.41, 5.74) is 4.97. The number of carbonyl (C=O) groups excluding carboxylic acids is 1. The van der Waals surface area contributed by atoms with Crippen LogP contribution in [-0.2, 0) is 4.74 Å². The topological polar surface area (TPSA) is 49.8 Å². The van der Waals surface area contributed by atoms with Crippen molar-refractivity contribution in [2.45, 2.75) is 24.9 Å². The van der Waals surface area contributed by atoms with E-state index in [1.165, 1.54) is 22.3 Å². The maximum absolute atomic E-state index is 12.6. The molecule has 2 aliphatic carbocycles. The molecule has 3 aliphatic rings. The highest BCUT2D eigenvalue weighted by atomic mass is 16.6. The molecule has 1 amide bonds. The number of nitrogens with zero attached hydrogens (tertiary/aromatic N) is 1. The van der Waals surface area contributed by atoms with E-state index in [4.69, 9.17) is 4.74 Å². The van der Waals surface area contributed by atoms with Gasteiger partial charge in [-0.2, -0.15) is 0 Å². The highest BCUT2D eigenvalue weighted by Gasteiger charge is 2.42. The van der Waals surface area contributed by atoms with Gasteiger partial charge in [0.2, 0.25) is 0 Å². The summed E-state index contributed by atoms with van der Waals surface area (Å²) in [4.78, 5) is 14.4. The number of aliphatic hydroxyl groups is 1. The number of benzene rings is 2. The van der Waals surface area contributed by atoms with E-state index in [1.54, 1.807) is 0 Å². The lowest BCUT2D eigenvalue weighted by Gasteiger charge is -2.20. The van der Waals surface area contributed by atoms with Crippen LogP contribution in [0.15, 0.2) is 48.5 Å². The van der Waals surface area contributed by atoms with Crippen LogP contribution in [0.4, 0.5) is 4.79 Å². The zero-order valence-electron chi connectivity index (χ0n) is 14.7. The van der Waals surface area contributed by atoms with Crippen LogP contribution >= 0.6 is 0 Å². The smallest absolute Gasteiger partial charge is 0.409 e. The predicted molar refractivity (Wildman–Crippen MR) is 98.9 cm³/mol. The normalized spacial score (nSPS) is 26.5. The van der Waals surface area contributed by atoms with Crippen LogP contribution in [0.1, 0.15) is 29.9 Å². The van der Waals surface area contributed by atoms with Crippen molar-refractivity contribution in [2.24, 2.45) is 11.8 Å². The molecule has 0 spiro atoms. The number of rotatable bonds is 2. The minimum absolute atomic E-state index is 0.107. The molecule has 1 heterocycles. The Bertz CT molecular complexity index is 789. The highest BCUT2D eigenvalue weighted by molar-refractivity contribution is 5.79. The fraction of sp³-hybridized carbons (Fsp3) is 0.409. The number of ether oxygens (including phenoxy) is 1. The molecule has 2 fully saturated rings. The fourth-order valence-corrected chi connectivity index (χ4v) is 5.10. The average molecular weight is 349 g/mol. The number of fused-ring (bicyclic) bond motifs is 4. The van der Waals surface area contributed by atoms with Gasteiger partial charge in [0, 0.05) is 19.0 Å². The van der Waals surface area contributed by atoms with Crippen molar-refractivity contribution in [3.05, 3.63) is 59.7 Å². The van der Waals surface area contributed by atoms with Crippen molar-refractivity contribution in [3.8, 4) is 11.1 Å². The summed E-state index contributed by atoms with van der Waals surface area (Å²) >= 11 is 0. The zero-order valence-corrected chi connectivity index (χ0v) is 14.7. The van der Waals surface area contributed by atoms with Gasteiger partial charge < -0.3 is 14.7 Å². The lowest BCUT2D eigenvalue weighted by atomic mass is 9.98. The summed E-state index contributed by atoms with van der Waals surface area (Å²) in [5.74, 6) is 0.978. The summed E-state index contributed by atoms with van der Waals surface area (Å²) in [7, 11) is 0. The number of amides is 1. The van der Waals surface area contributed by atoms with Gasteiger partial charge in [-0.3, -0.25) is 0 Å². The first-order chi connectivity index (χ1) is 12.7. The second kappa shape index (κ2) is 6.13. The summed E-state index contributed by atoms with van der Waals surface area (Å²) in [6.07, 6.45) is 1.24. The summed E-state index contributed by atoms with van der Waals surface area (Å²) in [6, 6.07) is 16.8. The van der Waals surface area contributed by atoms with Crippen LogP contribution in [0, 0.1) is 11.8 Å². The van der Waals surface area contributed by atoms with Crippen molar-refractivity contribution >= 4 is 6.09 Å². The van der Waals surface area contributed by atoms with Crippen LogP contribution < -0.4 is 0 Å². The van der Waals surface area contributed by atoms with E-state index >= 15 is 0 Å². The van der Waals surface area contributed by atoms with Crippen LogP contribution in [0.25, 0.3) is 11.1 Å². The number of likely N-dealkylation sites (tertiary alicyclic amines) is 1. The number of hydrogen-bond donors (Lipinski definition) is 1. The Hall–Kier alpha value is -2.33. The van der Waals surface area contributed by atoms with Gasteiger partial charge in [-0.15, -0.1) is 0 Å². The van der Waals surface area contributed by atoms with Crippen LogP contribution in [0.5, 0.6) is 0 Å². The van der Waals surface area contributed by atoms with E-state index in [2.05, 4.69) is 36.4 Å². The molecule has 4 heteroatoms. The molecular weight excluding hydrogens is 326 g/mol. The van der Waals surface area contributed by atoms with Gasteiger partial charge >= 0.3 is 6.09 Å². The Kier molecular flexibility index (Phi) is 3.75. The summed E-state index contributed by atoms with van der Waals surface area (Å²) in [5, 5.41) is 9.76. The SMILES string of the molecule is O=C(OCC1c2ccccc2-c2ccccc21)N1CC2CC(O)CC2C1. The molecule has 1 saturated heterocycles. The molecule has 2 atom stereocenters. The molecule has 134 valence electrons. The largest absolute Gasteiger partial charge is 0.448 e. The fourth-order valence-electron chi connectivity index (χ4n) is 5.10. The van der Waals surface area contributed by atoms with E-state index < -0.39 is 0 Å². The molecule has 1 saturated carbocycles. The van der Waals surface area contributed by atoms with E-state index in [-0.39, 0.29) is 18.1 Å². The molecule has 2 aromatic carbocycles. The van der Waals surface area contributed by atoms with Gasteiger partial charge in [-0.1, -0.05) is 48.5 Å². The van der Waals surface area contributed by atoms with Gasteiger partial charge in [0.15, 0.2) is 0 Å². The summed E-state index contributed by atoms with van der Waals surface area (Å²) in [6.45, 7) is 1.82. The van der Waals surface area contributed by atoms with E-state index in [9.17, 15) is 9.90 Å². The Morgan fingerprint density at radius 3 is 2.08 bits per heavy atom. The first-order valence-corrected chi connectivity index (χ1v) is 9.48. The van der Waals surface area contributed by atoms with Crippen LogP contribution in [-0.4, -0.2) is 41.9 Å². The Morgan fingerprint density at radius 2 is 1.50 bits per heavy atom. The van der Waals surface area contributed by atoms with Crippen molar-refractivity contribution in [1.82, 2.24) is 4.90 Å². The first-order valence-electron chi connectivity index (χ1n) is 9.48. The molecule has 0 radical (unpaired) electrons. The Balaban J connectivity index is 1.29.